The first-order valence-electron chi connectivity index (χ1n) is 7.97. The van der Waals surface area contributed by atoms with Crippen LogP contribution < -0.4 is 15.8 Å². The molecule has 3 N–H and O–H groups in total. The molecule has 0 spiro atoms. The summed E-state index contributed by atoms with van der Waals surface area (Å²) in [5.41, 5.74) is 9.34. The minimum atomic E-state index is -0.240. The average molecular weight is 353 g/mol. The van der Waals surface area contributed by atoms with Crippen LogP contribution in [0.25, 0.3) is 11.3 Å². The van der Waals surface area contributed by atoms with Crippen molar-refractivity contribution in [2.24, 2.45) is 0 Å². The molecule has 1 aromatic heterocycles. The molecule has 0 aliphatic heterocycles. The van der Waals surface area contributed by atoms with Crippen molar-refractivity contribution in [3.8, 4) is 17.0 Å². The number of rotatable bonds is 6. The lowest BCUT2D eigenvalue weighted by molar-refractivity contribution is -0.118. The van der Waals surface area contributed by atoms with Gasteiger partial charge >= 0.3 is 0 Å². The first-order chi connectivity index (χ1) is 12.1. The van der Waals surface area contributed by atoms with E-state index < -0.39 is 0 Å². The van der Waals surface area contributed by atoms with E-state index >= 15 is 0 Å². The Balaban J connectivity index is 1.58. The number of aryl methyl sites for hydroxylation is 1. The molecule has 1 heterocycles. The third-order valence-electron chi connectivity index (χ3n) is 3.61. The summed E-state index contributed by atoms with van der Waals surface area (Å²) in [6.07, 6.45) is 0.926. The number of amides is 1. The predicted octanol–water partition coefficient (Wildman–Crippen LogP) is 3.97. The fourth-order valence-corrected chi connectivity index (χ4v) is 3.06. The number of nitrogens with two attached hydrogens (primary N) is 1. The predicted molar refractivity (Wildman–Crippen MR) is 102 cm³/mol. The Hall–Kier alpha value is -2.86. The summed E-state index contributed by atoms with van der Waals surface area (Å²) in [5, 5.41) is 5.18. The van der Waals surface area contributed by atoms with E-state index in [0.29, 0.717) is 16.6 Å². The Morgan fingerprint density at radius 3 is 2.88 bits per heavy atom. The third kappa shape index (κ3) is 4.58. The van der Waals surface area contributed by atoms with Gasteiger partial charge in [-0.05, 0) is 36.2 Å². The van der Waals surface area contributed by atoms with Gasteiger partial charge in [-0.2, -0.15) is 0 Å². The van der Waals surface area contributed by atoms with Gasteiger partial charge < -0.3 is 10.5 Å². The van der Waals surface area contributed by atoms with Crippen LogP contribution in [0.3, 0.4) is 0 Å². The number of hydrogen-bond donors (Lipinski definition) is 2. The van der Waals surface area contributed by atoms with Gasteiger partial charge in [0, 0.05) is 16.6 Å². The third-order valence-corrected chi connectivity index (χ3v) is 4.37. The summed E-state index contributed by atoms with van der Waals surface area (Å²) >= 11 is 1.37. The van der Waals surface area contributed by atoms with E-state index in [1.165, 1.54) is 16.9 Å². The van der Waals surface area contributed by atoms with Crippen molar-refractivity contribution in [1.29, 1.82) is 0 Å². The van der Waals surface area contributed by atoms with Gasteiger partial charge in [-0.3, -0.25) is 10.1 Å². The van der Waals surface area contributed by atoms with Gasteiger partial charge in [0.1, 0.15) is 5.75 Å². The zero-order valence-electron chi connectivity index (χ0n) is 13.9. The van der Waals surface area contributed by atoms with Gasteiger partial charge in [-0.1, -0.05) is 31.2 Å². The van der Waals surface area contributed by atoms with Gasteiger partial charge in [0.05, 0.1) is 5.69 Å². The Kier molecular flexibility index (Phi) is 5.30. The van der Waals surface area contributed by atoms with Crippen LogP contribution >= 0.6 is 11.3 Å². The standard InChI is InChI=1S/C19H19N3O2S/c1-2-13-5-3-8-16(9-13)24-11-18(23)22-19-21-17(12-25-19)14-6-4-7-15(20)10-14/h3-10,12H,2,11,20H2,1H3,(H,21,22,23). The van der Waals surface area contributed by atoms with Crippen molar-refractivity contribution in [3.05, 3.63) is 59.5 Å². The fraction of sp³-hybridized carbons (Fsp3) is 0.158. The summed E-state index contributed by atoms with van der Waals surface area (Å²) in [6.45, 7) is 2.02. The summed E-state index contributed by atoms with van der Waals surface area (Å²) in [4.78, 5) is 16.5. The van der Waals surface area contributed by atoms with Crippen LogP contribution in [0.1, 0.15) is 12.5 Å². The van der Waals surface area contributed by atoms with Crippen LogP contribution in [0.5, 0.6) is 5.75 Å². The van der Waals surface area contributed by atoms with Gasteiger partial charge in [0.2, 0.25) is 0 Å². The van der Waals surface area contributed by atoms with Crippen molar-refractivity contribution in [2.75, 3.05) is 17.7 Å². The molecule has 128 valence electrons. The minimum Gasteiger partial charge on any atom is -0.484 e. The molecule has 0 atom stereocenters. The Morgan fingerprint density at radius 1 is 1.24 bits per heavy atom. The SMILES string of the molecule is CCc1cccc(OCC(=O)Nc2nc(-c3cccc(N)c3)cs2)c1. The normalized spacial score (nSPS) is 10.4. The largest absolute Gasteiger partial charge is 0.484 e. The van der Waals surface area contributed by atoms with Crippen molar-refractivity contribution in [3.63, 3.8) is 0 Å². The summed E-state index contributed by atoms with van der Waals surface area (Å²) in [5.74, 6) is 0.449. The number of benzene rings is 2. The molecule has 0 saturated carbocycles. The Morgan fingerprint density at radius 2 is 2.08 bits per heavy atom. The number of nitrogens with one attached hydrogen (secondary N) is 1. The molecule has 0 radical (unpaired) electrons. The molecule has 2 aromatic carbocycles. The maximum absolute atomic E-state index is 12.1. The van der Waals surface area contributed by atoms with Crippen LogP contribution in [-0.4, -0.2) is 17.5 Å². The molecule has 0 saturated heterocycles. The molecule has 1 amide bonds. The number of nitrogen functional groups attached to an aromatic ring is 1. The second kappa shape index (κ2) is 7.81. The molecule has 5 nitrogen and oxygen atoms in total. The maximum Gasteiger partial charge on any atom is 0.264 e. The molecule has 25 heavy (non-hydrogen) atoms. The zero-order chi connectivity index (χ0) is 17.6. The topological polar surface area (TPSA) is 77.2 Å². The molecule has 6 heteroatoms. The zero-order valence-corrected chi connectivity index (χ0v) is 14.7. The number of carbonyl (C=O) groups is 1. The molecular weight excluding hydrogens is 334 g/mol. The Bertz CT molecular complexity index is 876. The number of thiazole rings is 1. The maximum atomic E-state index is 12.1. The van der Waals surface area contributed by atoms with Gasteiger partial charge in [-0.15, -0.1) is 11.3 Å². The molecule has 3 aromatic rings. The van der Waals surface area contributed by atoms with Gasteiger partial charge in [0.25, 0.3) is 5.91 Å². The van der Waals surface area contributed by atoms with Crippen molar-refractivity contribution in [2.45, 2.75) is 13.3 Å². The van der Waals surface area contributed by atoms with Gasteiger partial charge in [0.15, 0.2) is 11.7 Å². The highest BCUT2D eigenvalue weighted by Crippen LogP contribution is 2.26. The highest BCUT2D eigenvalue weighted by Gasteiger charge is 2.09. The number of carbonyl (C=O) groups excluding carboxylic acids is 1. The number of nitrogens with zero attached hydrogens (tertiary/aromatic N) is 1. The average Bonchev–Trinajstić information content (AvgIpc) is 3.08. The second-order valence-electron chi connectivity index (χ2n) is 5.50. The van der Waals surface area contributed by atoms with Crippen LogP contribution in [0.2, 0.25) is 0 Å². The first-order valence-corrected chi connectivity index (χ1v) is 8.85. The van der Waals surface area contributed by atoms with E-state index in [-0.39, 0.29) is 12.5 Å². The molecule has 0 bridgehead atoms. The quantitative estimate of drug-likeness (QED) is 0.657. The number of aromatic nitrogens is 1. The molecule has 0 unspecified atom stereocenters. The number of hydrogen-bond acceptors (Lipinski definition) is 5. The van der Waals surface area contributed by atoms with Crippen LogP contribution in [0.4, 0.5) is 10.8 Å². The lowest BCUT2D eigenvalue weighted by atomic mass is 10.1. The smallest absolute Gasteiger partial charge is 0.264 e. The van der Waals surface area contributed by atoms with Crippen molar-refractivity contribution < 1.29 is 9.53 Å². The lowest BCUT2D eigenvalue weighted by Crippen LogP contribution is -2.20. The van der Waals surface area contributed by atoms with Crippen molar-refractivity contribution >= 4 is 28.1 Å². The van der Waals surface area contributed by atoms with Crippen LogP contribution in [-0.2, 0) is 11.2 Å². The van der Waals surface area contributed by atoms with Gasteiger partial charge in [-0.25, -0.2) is 4.98 Å². The van der Waals surface area contributed by atoms with E-state index in [0.717, 1.165) is 17.7 Å². The first kappa shape index (κ1) is 17.0. The summed E-state index contributed by atoms with van der Waals surface area (Å²) < 4.78 is 5.54. The monoisotopic (exact) mass is 353 g/mol. The lowest BCUT2D eigenvalue weighted by Gasteiger charge is -2.07. The van der Waals surface area contributed by atoms with Crippen LogP contribution in [0, 0.1) is 0 Å². The Labute approximate surface area is 150 Å². The van der Waals surface area contributed by atoms with Crippen molar-refractivity contribution in [1.82, 2.24) is 4.98 Å². The number of ether oxygens (including phenoxy) is 1. The highest BCUT2D eigenvalue weighted by atomic mass is 32.1. The molecule has 3 rings (SSSR count). The minimum absolute atomic E-state index is 0.0552. The van der Waals surface area contributed by atoms with Crippen LogP contribution in [0.15, 0.2) is 53.9 Å². The van der Waals surface area contributed by atoms with E-state index in [1.807, 2.05) is 53.9 Å². The van der Waals surface area contributed by atoms with E-state index in [2.05, 4.69) is 17.2 Å². The van der Waals surface area contributed by atoms with E-state index in [4.69, 9.17) is 10.5 Å². The van der Waals surface area contributed by atoms with E-state index in [9.17, 15) is 4.79 Å². The molecule has 0 aliphatic carbocycles. The summed E-state index contributed by atoms with van der Waals surface area (Å²) in [7, 11) is 0. The second-order valence-corrected chi connectivity index (χ2v) is 6.36. The molecular formula is C19H19N3O2S. The molecule has 0 aliphatic rings. The fourth-order valence-electron chi connectivity index (χ4n) is 2.32. The van der Waals surface area contributed by atoms with E-state index in [1.54, 1.807) is 0 Å². The summed E-state index contributed by atoms with van der Waals surface area (Å²) in [6, 6.07) is 15.2. The number of anilines is 2. The highest BCUT2D eigenvalue weighted by molar-refractivity contribution is 7.14. The molecule has 0 fully saturated rings.